The van der Waals surface area contributed by atoms with Gasteiger partial charge in [0.1, 0.15) is 0 Å². The first-order valence-corrected chi connectivity index (χ1v) is 4.83. The highest BCUT2D eigenvalue weighted by Crippen LogP contribution is 2.24. The van der Waals surface area contributed by atoms with Crippen LogP contribution in [-0.2, 0) is 0 Å². The van der Waals surface area contributed by atoms with Crippen molar-refractivity contribution in [1.82, 2.24) is 0 Å². The Bertz CT molecular complexity index is 225. The quantitative estimate of drug-likeness (QED) is 0.378. The van der Waals surface area contributed by atoms with Gasteiger partial charge in [-0.15, -0.1) is 0 Å². The molecule has 0 aromatic rings. The largest absolute Gasteiger partial charge is 0.327 e. The van der Waals surface area contributed by atoms with Crippen LogP contribution in [0, 0.1) is 11.8 Å². The number of hydrogen-bond acceptors (Lipinski definition) is 0. The highest BCUT2D eigenvalue weighted by Gasteiger charge is 2.27. The van der Waals surface area contributed by atoms with Crippen molar-refractivity contribution < 1.29 is 4.48 Å². The number of hydrogen-bond donors (Lipinski definition) is 0. The maximum atomic E-state index is 2.41. The number of nitrogens with zero attached hydrogens (tertiary/aromatic N) is 1. The molecule has 1 heterocycles. The molecular weight excluding hydrogens is 146 g/mol. The molecule has 0 saturated carbocycles. The van der Waals surface area contributed by atoms with Crippen LogP contribution in [0.3, 0.4) is 0 Å². The van der Waals surface area contributed by atoms with E-state index >= 15 is 0 Å². The molecule has 1 heteroatoms. The Balaban J connectivity index is 2.25. The van der Waals surface area contributed by atoms with Crippen LogP contribution < -0.4 is 0 Å². The number of quaternary nitrogens is 1. The molecule has 1 nitrogen and oxygen atoms in total. The van der Waals surface area contributed by atoms with Gasteiger partial charge in [-0.3, -0.25) is 0 Å². The summed E-state index contributed by atoms with van der Waals surface area (Å²) < 4.78 is 1.17. The van der Waals surface area contributed by atoms with Crippen molar-refractivity contribution in [2.24, 2.45) is 11.8 Å². The summed E-state index contributed by atoms with van der Waals surface area (Å²) in [6.45, 7) is 2.57. The first kappa shape index (κ1) is 8.06. The van der Waals surface area contributed by atoms with E-state index in [0.717, 1.165) is 5.92 Å². The van der Waals surface area contributed by atoms with E-state index in [1.165, 1.54) is 24.0 Å². The lowest BCUT2D eigenvalue weighted by molar-refractivity contribution is -0.894. The third kappa shape index (κ3) is 1.61. The van der Waals surface area contributed by atoms with E-state index in [0.29, 0.717) is 5.92 Å². The molecule has 0 saturated heterocycles. The Morgan fingerprint density at radius 3 is 2.75 bits per heavy atom. The Kier molecular flexibility index (Phi) is 1.84. The van der Waals surface area contributed by atoms with E-state index in [9.17, 15) is 0 Å². The lowest BCUT2D eigenvalue weighted by Crippen LogP contribution is -2.45. The first-order valence-electron chi connectivity index (χ1n) is 4.83. The van der Waals surface area contributed by atoms with E-state index in [2.05, 4.69) is 38.4 Å². The Labute approximate surface area is 75.0 Å². The van der Waals surface area contributed by atoms with Gasteiger partial charge in [-0.25, -0.2) is 0 Å². The van der Waals surface area contributed by atoms with Crippen molar-refractivity contribution in [2.75, 3.05) is 27.2 Å². The van der Waals surface area contributed by atoms with Gasteiger partial charge in [0.2, 0.25) is 0 Å². The monoisotopic (exact) mass is 164 g/mol. The van der Waals surface area contributed by atoms with Gasteiger partial charge < -0.3 is 4.48 Å². The molecule has 0 unspecified atom stereocenters. The van der Waals surface area contributed by atoms with Crippen LogP contribution in [0.4, 0.5) is 0 Å². The lowest BCUT2D eigenvalue weighted by atomic mass is 10.0. The summed E-state index contributed by atoms with van der Waals surface area (Å²) in [5, 5.41) is 0. The minimum atomic E-state index is 0.687. The molecule has 2 atom stereocenters. The van der Waals surface area contributed by atoms with Gasteiger partial charge in [-0.2, -0.15) is 0 Å². The van der Waals surface area contributed by atoms with E-state index in [4.69, 9.17) is 0 Å². The average molecular weight is 164 g/mol. The summed E-state index contributed by atoms with van der Waals surface area (Å²) in [6.07, 6.45) is 10.8. The van der Waals surface area contributed by atoms with Gasteiger partial charge in [0.15, 0.2) is 0 Å². The average Bonchev–Trinajstić information content (AvgIpc) is 2.17. The zero-order valence-electron chi connectivity index (χ0n) is 8.03. The van der Waals surface area contributed by atoms with Crippen molar-refractivity contribution in [3.63, 3.8) is 0 Å². The predicted octanol–water partition coefficient (Wildman–Crippen LogP) is 1.82. The molecule has 0 spiro atoms. The molecule has 2 bridgehead atoms. The fraction of sp³-hybridized carbons (Fsp3) is 0.636. The zero-order valence-corrected chi connectivity index (χ0v) is 8.03. The fourth-order valence-electron chi connectivity index (χ4n) is 2.41. The van der Waals surface area contributed by atoms with E-state index in [1.807, 2.05) is 0 Å². The molecule has 2 aliphatic rings. The molecule has 1 aliphatic carbocycles. The summed E-state index contributed by atoms with van der Waals surface area (Å²) in [7, 11) is 4.68. The normalized spacial score (nSPS) is 37.8. The van der Waals surface area contributed by atoms with Crippen molar-refractivity contribution in [1.29, 1.82) is 0 Å². The summed E-state index contributed by atoms with van der Waals surface area (Å²) in [4.78, 5) is 0. The highest BCUT2D eigenvalue weighted by molar-refractivity contribution is 5.09. The summed E-state index contributed by atoms with van der Waals surface area (Å²) in [6, 6.07) is 0. The fourth-order valence-corrected chi connectivity index (χ4v) is 2.41. The van der Waals surface area contributed by atoms with Gasteiger partial charge in [0.05, 0.1) is 27.2 Å². The number of rotatable bonds is 0. The predicted molar refractivity (Wildman–Crippen MR) is 51.7 cm³/mol. The molecule has 2 rings (SSSR count). The maximum Gasteiger partial charge on any atom is 0.0881 e. The molecule has 0 aromatic carbocycles. The van der Waals surface area contributed by atoms with Crippen LogP contribution in [0.1, 0.15) is 6.42 Å². The third-order valence-electron chi connectivity index (χ3n) is 2.89. The van der Waals surface area contributed by atoms with Crippen molar-refractivity contribution >= 4 is 0 Å². The standard InChI is InChI=1S/C11H18N/c1-12(2)8-10-4-3-5-11(9-12)7-6-10/h3-4,6-7,10-11H,5,8-9H2,1-2H3/q+1/t10-,11-/m1/s1. The summed E-state index contributed by atoms with van der Waals surface area (Å²) in [5.74, 6) is 1.47. The van der Waals surface area contributed by atoms with Gasteiger partial charge in [-0.1, -0.05) is 24.3 Å². The third-order valence-corrected chi connectivity index (χ3v) is 2.89. The van der Waals surface area contributed by atoms with Crippen molar-refractivity contribution in [3.05, 3.63) is 24.3 Å². The SMILES string of the molecule is C[N+]1(C)C[C@@H]2C=CC[C@H](C=C2)C1. The number of fused-ring (bicyclic) bond motifs is 2. The molecule has 0 aromatic heterocycles. The van der Waals surface area contributed by atoms with Crippen LogP contribution >= 0.6 is 0 Å². The van der Waals surface area contributed by atoms with Gasteiger partial charge in [0.25, 0.3) is 0 Å². The Hall–Kier alpha value is -0.560. The minimum Gasteiger partial charge on any atom is -0.327 e. The van der Waals surface area contributed by atoms with Crippen molar-refractivity contribution in [2.45, 2.75) is 6.42 Å². The molecular formula is C11H18N+. The lowest BCUT2D eigenvalue weighted by Gasteiger charge is -2.33. The van der Waals surface area contributed by atoms with Crippen LogP contribution in [0.25, 0.3) is 0 Å². The van der Waals surface area contributed by atoms with Crippen molar-refractivity contribution in [3.8, 4) is 0 Å². The van der Waals surface area contributed by atoms with Crippen LogP contribution in [0.5, 0.6) is 0 Å². The molecule has 66 valence electrons. The molecule has 0 fully saturated rings. The minimum absolute atomic E-state index is 0.687. The maximum absolute atomic E-state index is 2.41. The summed E-state index contributed by atoms with van der Waals surface area (Å²) in [5.41, 5.74) is 0. The highest BCUT2D eigenvalue weighted by atomic mass is 15.3. The second-order valence-corrected chi connectivity index (χ2v) is 4.77. The first-order chi connectivity index (χ1) is 5.66. The van der Waals surface area contributed by atoms with Gasteiger partial charge in [-0.05, 0) is 6.42 Å². The Morgan fingerprint density at radius 1 is 1.08 bits per heavy atom. The van der Waals surface area contributed by atoms with E-state index in [1.54, 1.807) is 0 Å². The molecule has 0 amide bonds. The second-order valence-electron chi connectivity index (χ2n) is 4.77. The van der Waals surface area contributed by atoms with E-state index in [-0.39, 0.29) is 0 Å². The molecule has 12 heavy (non-hydrogen) atoms. The second kappa shape index (κ2) is 2.74. The zero-order chi connectivity index (χ0) is 8.60. The molecule has 0 radical (unpaired) electrons. The van der Waals surface area contributed by atoms with Crippen LogP contribution in [0.2, 0.25) is 0 Å². The van der Waals surface area contributed by atoms with E-state index < -0.39 is 0 Å². The molecule has 1 aliphatic heterocycles. The van der Waals surface area contributed by atoms with Gasteiger partial charge in [0, 0.05) is 11.8 Å². The van der Waals surface area contributed by atoms with Crippen LogP contribution in [0.15, 0.2) is 24.3 Å². The van der Waals surface area contributed by atoms with Gasteiger partial charge >= 0.3 is 0 Å². The molecule has 0 N–H and O–H groups in total. The Morgan fingerprint density at radius 2 is 1.92 bits per heavy atom. The summed E-state index contributed by atoms with van der Waals surface area (Å²) >= 11 is 0. The number of allylic oxidation sites excluding steroid dienone is 1. The smallest absolute Gasteiger partial charge is 0.0881 e. The van der Waals surface area contributed by atoms with Crippen LogP contribution in [-0.4, -0.2) is 31.7 Å². The topological polar surface area (TPSA) is 0 Å².